The normalized spacial score (nSPS) is 18.8. The smallest absolute Gasteiger partial charge is 0.417 e. The van der Waals surface area contributed by atoms with E-state index in [-0.39, 0.29) is 37.7 Å². The summed E-state index contributed by atoms with van der Waals surface area (Å²) in [6.07, 6.45) is -5.36. The van der Waals surface area contributed by atoms with Crippen LogP contribution in [0.15, 0.2) is 72.8 Å². The van der Waals surface area contributed by atoms with Crippen LogP contribution in [0.5, 0.6) is 5.75 Å². The molecule has 0 aliphatic carbocycles. The molecule has 290 valence electrons. The van der Waals surface area contributed by atoms with E-state index >= 15 is 0 Å². The van der Waals surface area contributed by atoms with Crippen molar-refractivity contribution in [3.63, 3.8) is 0 Å². The molecular formula is C40H47F3N4O7. The van der Waals surface area contributed by atoms with Gasteiger partial charge >= 0.3 is 18.4 Å². The minimum Gasteiger partial charge on any atom is -0.471 e. The molecule has 2 atom stereocenters. The zero-order valence-electron chi connectivity index (χ0n) is 31.4. The summed E-state index contributed by atoms with van der Waals surface area (Å²) in [6, 6.07) is 18.0. The van der Waals surface area contributed by atoms with E-state index in [0.717, 1.165) is 17.7 Å². The number of benzene rings is 3. The molecule has 5 rings (SSSR count). The van der Waals surface area contributed by atoms with Crippen LogP contribution in [0.1, 0.15) is 81.4 Å². The van der Waals surface area contributed by atoms with Gasteiger partial charge in [0, 0.05) is 37.8 Å². The molecule has 11 nitrogen and oxygen atoms in total. The van der Waals surface area contributed by atoms with Crippen molar-refractivity contribution in [3.05, 3.63) is 95.1 Å². The second-order valence-corrected chi connectivity index (χ2v) is 14.8. The van der Waals surface area contributed by atoms with E-state index in [1.807, 2.05) is 6.07 Å². The molecule has 3 aromatic rings. The van der Waals surface area contributed by atoms with Gasteiger partial charge in [0.05, 0.1) is 22.9 Å². The van der Waals surface area contributed by atoms with E-state index < -0.39 is 64.6 Å². The summed E-state index contributed by atoms with van der Waals surface area (Å²) < 4.78 is 61.8. The molecule has 0 radical (unpaired) electrons. The van der Waals surface area contributed by atoms with Crippen molar-refractivity contribution in [1.82, 2.24) is 15.1 Å². The second kappa shape index (κ2) is 16.0. The Labute approximate surface area is 313 Å². The number of hydrogen-bond donors (Lipinski definition) is 1. The fraction of sp³-hybridized carbons (Fsp3) is 0.450. The average Bonchev–Trinajstić information content (AvgIpc) is 3.11. The lowest BCUT2D eigenvalue weighted by molar-refractivity contribution is -0.138. The number of ether oxygens (including phenoxy) is 3. The first-order valence-electron chi connectivity index (χ1n) is 18.0. The van der Waals surface area contributed by atoms with Crippen molar-refractivity contribution in [1.29, 1.82) is 0 Å². The highest BCUT2D eigenvalue weighted by atomic mass is 19.4. The highest BCUT2D eigenvalue weighted by Gasteiger charge is 2.48. The maximum Gasteiger partial charge on any atom is 0.417 e. The molecule has 1 saturated heterocycles. The number of rotatable bonds is 9. The van der Waals surface area contributed by atoms with Gasteiger partial charge in [0.2, 0.25) is 5.60 Å². The largest absolute Gasteiger partial charge is 0.471 e. The number of carbonyl (C=O) groups excluding carboxylic acids is 4. The van der Waals surface area contributed by atoms with Gasteiger partial charge in [-0.3, -0.25) is 9.59 Å². The molecule has 1 unspecified atom stereocenters. The molecule has 2 aliphatic heterocycles. The van der Waals surface area contributed by atoms with Gasteiger partial charge in [-0.15, -0.1) is 0 Å². The van der Waals surface area contributed by atoms with Gasteiger partial charge in [-0.1, -0.05) is 60.7 Å². The number of alkyl halides is 3. The molecule has 1 fully saturated rings. The zero-order chi connectivity index (χ0) is 39.4. The summed E-state index contributed by atoms with van der Waals surface area (Å²) in [5.41, 5.74) is -3.31. The lowest BCUT2D eigenvalue weighted by Crippen LogP contribution is -2.55. The third-order valence-electron chi connectivity index (χ3n) is 9.27. The molecule has 14 heteroatoms. The average molecular weight is 753 g/mol. The number of nitrogens with one attached hydrogen (secondary N) is 1. The van der Waals surface area contributed by atoms with Crippen LogP contribution < -0.4 is 15.0 Å². The highest BCUT2D eigenvalue weighted by Crippen LogP contribution is 2.47. The monoisotopic (exact) mass is 752 g/mol. The molecule has 0 aromatic heterocycles. The summed E-state index contributed by atoms with van der Waals surface area (Å²) in [6.45, 7) is 10.2. The number of amides is 4. The first-order valence-corrected chi connectivity index (χ1v) is 18.0. The summed E-state index contributed by atoms with van der Waals surface area (Å²) in [4.78, 5) is 58.4. The molecule has 54 heavy (non-hydrogen) atoms. The van der Waals surface area contributed by atoms with Crippen molar-refractivity contribution in [2.24, 2.45) is 0 Å². The SMILES string of the molecule is CC(C)N(C(=O)c1cc2c(cc1C(F)(F)F)OC(C)(c1ccccc1)C(=O)N2CCNC(=O)OCc1ccccc1)[C@@H]1CCCN(C(=O)OC(C)(C)C)C1. The summed E-state index contributed by atoms with van der Waals surface area (Å²) in [7, 11) is 0. The van der Waals surface area contributed by atoms with Crippen LogP contribution >= 0.6 is 0 Å². The van der Waals surface area contributed by atoms with Crippen molar-refractivity contribution in [3.8, 4) is 5.75 Å². The van der Waals surface area contributed by atoms with Crippen molar-refractivity contribution in [2.75, 3.05) is 31.1 Å². The predicted molar refractivity (Wildman–Crippen MR) is 195 cm³/mol. The van der Waals surface area contributed by atoms with Crippen LogP contribution in [0.4, 0.5) is 28.4 Å². The Balaban J connectivity index is 1.50. The quantitative estimate of drug-likeness (QED) is 0.240. The van der Waals surface area contributed by atoms with Gasteiger partial charge in [-0.2, -0.15) is 13.2 Å². The van der Waals surface area contributed by atoms with Gasteiger partial charge < -0.3 is 34.2 Å². The second-order valence-electron chi connectivity index (χ2n) is 14.8. The van der Waals surface area contributed by atoms with Gasteiger partial charge in [-0.25, -0.2) is 9.59 Å². The maximum atomic E-state index is 14.9. The van der Waals surface area contributed by atoms with Gasteiger partial charge in [-0.05, 0) is 72.1 Å². The minimum absolute atomic E-state index is 0.00659. The first-order chi connectivity index (χ1) is 25.4. The summed E-state index contributed by atoms with van der Waals surface area (Å²) in [5, 5.41) is 2.60. The third-order valence-corrected chi connectivity index (χ3v) is 9.27. The lowest BCUT2D eigenvalue weighted by atomic mass is 9.91. The lowest BCUT2D eigenvalue weighted by Gasteiger charge is -2.43. The number of halogens is 3. The van der Waals surface area contributed by atoms with Crippen LogP contribution in [0.3, 0.4) is 0 Å². The van der Waals surface area contributed by atoms with Crippen LogP contribution in [0, 0.1) is 0 Å². The molecule has 2 heterocycles. The van der Waals surface area contributed by atoms with Crippen LogP contribution in [-0.2, 0) is 32.7 Å². The standard InChI is InChI=1S/C40H47F3N4O7/c1-26(2)47(29-18-13-20-45(24-29)37(51)54-38(3,4)5)34(48)30-22-32-33(23-31(30)40(41,42)43)53-39(6,28-16-11-8-12-17-28)35(49)46(32)21-19-44-36(50)52-25-27-14-9-7-10-15-27/h7-12,14-17,22-23,26,29H,13,18-21,24-25H2,1-6H3,(H,44,50)/t29-,39?/m1/s1. The number of piperidine rings is 1. The summed E-state index contributed by atoms with van der Waals surface area (Å²) >= 11 is 0. The Kier molecular flexibility index (Phi) is 11.8. The van der Waals surface area contributed by atoms with Crippen LogP contribution in [0.2, 0.25) is 0 Å². The van der Waals surface area contributed by atoms with E-state index in [0.29, 0.717) is 24.9 Å². The van der Waals surface area contributed by atoms with Crippen molar-refractivity contribution < 1.29 is 46.6 Å². The number of fused-ring (bicyclic) bond motifs is 1. The number of hydrogen-bond acceptors (Lipinski definition) is 7. The van der Waals surface area contributed by atoms with E-state index in [4.69, 9.17) is 14.2 Å². The van der Waals surface area contributed by atoms with Crippen molar-refractivity contribution >= 4 is 29.7 Å². The minimum atomic E-state index is -4.99. The Hall–Kier alpha value is -5.27. The van der Waals surface area contributed by atoms with Gasteiger partial charge in [0.1, 0.15) is 18.0 Å². The van der Waals surface area contributed by atoms with Crippen molar-refractivity contribution in [2.45, 2.75) is 90.5 Å². The number of carbonyl (C=O) groups is 4. The fourth-order valence-electron chi connectivity index (χ4n) is 6.74. The molecule has 0 bridgehead atoms. The third kappa shape index (κ3) is 9.08. The summed E-state index contributed by atoms with van der Waals surface area (Å²) in [5.74, 6) is -1.79. The zero-order valence-corrected chi connectivity index (χ0v) is 31.4. The Morgan fingerprint density at radius 1 is 1.02 bits per heavy atom. The van der Waals surface area contributed by atoms with E-state index in [9.17, 15) is 32.3 Å². The van der Waals surface area contributed by atoms with Gasteiger partial charge in [0.15, 0.2) is 0 Å². The maximum absolute atomic E-state index is 14.9. The number of nitrogens with zero attached hydrogens (tertiary/aromatic N) is 3. The molecular weight excluding hydrogens is 705 g/mol. The molecule has 3 aromatic carbocycles. The predicted octanol–water partition coefficient (Wildman–Crippen LogP) is 7.52. The van der Waals surface area contributed by atoms with Crippen LogP contribution in [0.25, 0.3) is 0 Å². The first kappa shape index (κ1) is 39.9. The Morgan fingerprint density at radius 2 is 1.67 bits per heavy atom. The highest BCUT2D eigenvalue weighted by molar-refractivity contribution is 6.05. The fourth-order valence-corrected chi connectivity index (χ4v) is 6.74. The van der Waals surface area contributed by atoms with E-state index in [1.165, 1.54) is 21.6 Å². The van der Waals surface area contributed by atoms with E-state index in [2.05, 4.69) is 5.32 Å². The molecule has 0 saturated carbocycles. The molecule has 1 N–H and O–H groups in total. The Bertz CT molecular complexity index is 1830. The molecule has 4 amide bonds. The number of alkyl carbamates (subject to hydrolysis) is 1. The Morgan fingerprint density at radius 3 is 2.28 bits per heavy atom. The molecule has 0 spiro atoms. The topological polar surface area (TPSA) is 118 Å². The van der Waals surface area contributed by atoms with Crippen LogP contribution in [-0.4, -0.2) is 77.7 Å². The number of likely N-dealkylation sites (tertiary alicyclic amines) is 1. The number of anilines is 1. The van der Waals surface area contributed by atoms with Gasteiger partial charge in [0.25, 0.3) is 11.8 Å². The van der Waals surface area contributed by atoms with E-state index in [1.54, 1.807) is 89.2 Å². The molecule has 2 aliphatic rings.